The first-order chi connectivity index (χ1) is 7.84. The van der Waals surface area contributed by atoms with Crippen molar-refractivity contribution < 1.29 is 0 Å². The van der Waals surface area contributed by atoms with Crippen LogP contribution in [-0.4, -0.2) is 16.1 Å². The molecule has 0 radical (unpaired) electrons. The monoisotopic (exact) mass is 219 g/mol. The Kier molecular flexibility index (Phi) is 2.72. The van der Waals surface area contributed by atoms with Crippen molar-refractivity contribution >= 4 is 0 Å². The third-order valence-corrected chi connectivity index (χ3v) is 3.99. The van der Waals surface area contributed by atoms with E-state index >= 15 is 0 Å². The molecule has 2 aliphatic heterocycles. The fourth-order valence-electron chi connectivity index (χ4n) is 3.01. The molecule has 3 heteroatoms. The number of hydrogen-bond acceptors (Lipinski definition) is 2. The summed E-state index contributed by atoms with van der Waals surface area (Å²) in [7, 11) is 0. The molecule has 0 aromatic carbocycles. The third kappa shape index (κ3) is 1.77. The van der Waals surface area contributed by atoms with Crippen molar-refractivity contribution in [2.24, 2.45) is 5.92 Å². The molecule has 16 heavy (non-hydrogen) atoms. The van der Waals surface area contributed by atoms with E-state index < -0.39 is 0 Å². The Morgan fingerprint density at radius 3 is 3.12 bits per heavy atom. The third-order valence-electron chi connectivity index (χ3n) is 3.99. The fraction of sp³-hybridized carbons (Fsp3) is 0.769. The normalized spacial score (nSPS) is 30.1. The Labute approximate surface area is 97.3 Å². The summed E-state index contributed by atoms with van der Waals surface area (Å²) in [6.45, 7) is 4.67. The van der Waals surface area contributed by atoms with Gasteiger partial charge in [-0.1, -0.05) is 13.3 Å². The summed E-state index contributed by atoms with van der Waals surface area (Å²) in [5, 5.41) is 3.60. The summed E-state index contributed by atoms with van der Waals surface area (Å²) in [6.07, 6.45) is 8.54. The van der Waals surface area contributed by atoms with E-state index in [0.29, 0.717) is 6.04 Å². The highest BCUT2D eigenvalue weighted by Gasteiger charge is 2.24. The van der Waals surface area contributed by atoms with Crippen LogP contribution < -0.4 is 5.32 Å². The molecular formula is C13H21N3. The van der Waals surface area contributed by atoms with Crippen molar-refractivity contribution in [3.8, 4) is 0 Å². The first-order valence-electron chi connectivity index (χ1n) is 6.62. The molecule has 1 aromatic heterocycles. The van der Waals surface area contributed by atoms with Gasteiger partial charge in [-0.3, -0.25) is 0 Å². The molecule has 3 rings (SSSR count). The number of nitrogens with one attached hydrogen (secondary N) is 1. The average Bonchev–Trinajstić information content (AvgIpc) is 2.73. The lowest BCUT2D eigenvalue weighted by Gasteiger charge is -2.27. The molecule has 1 aromatic rings. The molecule has 0 saturated carbocycles. The van der Waals surface area contributed by atoms with Gasteiger partial charge in [0.25, 0.3) is 0 Å². The van der Waals surface area contributed by atoms with Crippen LogP contribution in [0.2, 0.25) is 0 Å². The molecule has 0 bridgehead atoms. The zero-order valence-corrected chi connectivity index (χ0v) is 10.1. The Hall–Kier alpha value is -0.830. The number of aromatic nitrogens is 2. The maximum Gasteiger partial charge on any atom is 0.126 e. The molecule has 3 nitrogen and oxygen atoms in total. The van der Waals surface area contributed by atoms with E-state index in [1.54, 1.807) is 0 Å². The molecule has 88 valence electrons. The van der Waals surface area contributed by atoms with Crippen LogP contribution in [0.3, 0.4) is 0 Å². The van der Waals surface area contributed by atoms with E-state index in [4.69, 9.17) is 0 Å². The highest BCUT2D eigenvalue weighted by Crippen LogP contribution is 2.27. The minimum atomic E-state index is 0.510. The van der Waals surface area contributed by atoms with Crippen LogP contribution in [0.25, 0.3) is 0 Å². The Balaban J connectivity index is 1.85. The topological polar surface area (TPSA) is 29.9 Å². The Morgan fingerprint density at radius 1 is 1.38 bits per heavy atom. The molecule has 2 atom stereocenters. The summed E-state index contributed by atoms with van der Waals surface area (Å²) in [4.78, 5) is 4.66. The van der Waals surface area contributed by atoms with Gasteiger partial charge in [0, 0.05) is 18.4 Å². The molecule has 0 spiro atoms. The maximum absolute atomic E-state index is 4.66. The first-order valence-corrected chi connectivity index (χ1v) is 6.62. The van der Waals surface area contributed by atoms with Gasteiger partial charge in [0.2, 0.25) is 0 Å². The quantitative estimate of drug-likeness (QED) is 0.785. The largest absolute Gasteiger partial charge is 0.331 e. The van der Waals surface area contributed by atoms with Gasteiger partial charge in [0.15, 0.2) is 0 Å². The summed E-state index contributed by atoms with van der Waals surface area (Å²) in [5.41, 5.74) is 1.45. The minimum absolute atomic E-state index is 0.510. The van der Waals surface area contributed by atoms with E-state index in [2.05, 4.69) is 28.0 Å². The van der Waals surface area contributed by atoms with Crippen molar-refractivity contribution in [1.82, 2.24) is 14.9 Å². The Bertz CT molecular complexity index is 363. The standard InChI is InChI=1S/C13H21N3/c1-10-5-7-16-11(8-10)9-15-13(16)12-4-2-3-6-14-12/h9-10,12,14H,2-8H2,1H3. The molecule has 0 aliphatic carbocycles. The second kappa shape index (κ2) is 4.21. The number of piperidine rings is 1. The zero-order chi connectivity index (χ0) is 11.0. The number of fused-ring (bicyclic) bond motifs is 1. The summed E-state index contributed by atoms with van der Waals surface area (Å²) in [5.74, 6) is 2.12. The number of rotatable bonds is 1. The van der Waals surface area contributed by atoms with E-state index in [9.17, 15) is 0 Å². The lowest BCUT2D eigenvalue weighted by atomic mass is 9.98. The van der Waals surface area contributed by atoms with E-state index in [-0.39, 0.29) is 0 Å². The molecule has 2 aliphatic rings. The maximum atomic E-state index is 4.66. The van der Waals surface area contributed by atoms with Crippen LogP contribution in [-0.2, 0) is 13.0 Å². The van der Waals surface area contributed by atoms with Crippen molar-refractivity contribution in [2.75, 3.05) is 6.54 Å². The molecule has 1 fully saturated rings. The number of imidazole rings is 1. The summed E-state index contributed by atoms with van der Waals surface area (Å²) >= 11 is 0. The SMILES string of the molecule is CC1CCn2c(cnc2C2CCCCN2)C1. The molecule has 3 heterocycles. The number of nitrogens with zero attached hydrogens (tertiary/aromatic N) is 2. The van der Waals surface area contributed by atoms with Gasteiger partial charge < -0.3 is 9.88 Å². The van der Waals surface area contributed by atoms with Crippen LogP contribution in [0, 0.1) is 5.92 Å². The lowest BCUT2D eigenvalue weighted by molar-refractivity contribution is 0.357. The predicted molar refractivity (Wildman–Crippen MR) is 64.3 cm³/mol. The van der Waals surface area contributed by atoms with Crippen molar-refractivity contribution in [1.29, 1.82) is 0 Å². The molecule has 2 unspecified atom stereocenters. The van der Waals surface area contributed by atoms with Gasteiger partial charge in [-0.2, -0.15) is 0 Å². The van der Waals surface area contributed by atoms with Gasteiger partial charge in [0.05, 0.1) is 6.04 Å². The van der Waals surface area contributed by atoms with Crippen LogP contribution in [0.4, 0.5) is 0 Å². The smallest absolute Gasteiger partial charge is 0.126 e. The van der Waals surface area contributed by atoms with Crippen LogP contribution in [0.15, 0.2) is 6.20 Å². The van der Waals surface area contributed by atoms with Crippen LogP contribution >= 0.6 is 0 Å². The van der Waals surface area contributed by atoms with Gasteiger partial charge in [-0.25, -0.2) is 4.98 Å². The highest BCUT2D eigenvalue weighted by atomic mass is 15.1. The lowest BCUT2D eigenvalue weighted by Crippen LogP contribution is -2.30. The van der Waals surface area contributed by atoms with Crippen LogP contribution in [0.5, 0.6) is 0 Å². The second-order valence-corrected chi connectivity index (χ2v) is 5.36. The van der Waals surface area contributed by atoms with E-state index in [1.807, 2.05) is 0 Å². The fourth-order valence-corrected chi connectivity index (χ4v) is 3.01. The molecule has 0 amide bonds. The van der Waals surface area contributed by atoms with Gasteiger partial charge >= 0.3 is 0 Å². The van der Waals surface area contributed by atoms with E-state index in [1.165, 1.54) is 50.2 Å². The van der Waals surface area contributed by atoms with Crippen molar-refractivity contribution in [2.45, 2.75) is 51.6 Å². The highest BCUT2D eigenvalue weighted by molar-refractivity contribution is 5.12. The second-order valence-electron chi connectivity index (χ2n) is 5.36. The minimum Gasteiger partial charge on any atom is -0.331 e. The Morgan fingerprint density at radius 2 is 2.31 bits per heavy atom. The zero-order valence-electron chi connectivity index (χ0n) is 10.1. The molecule has 1 saturated heterocycles. The van der Waals surface area contributed by atoms with Crippen molar-refractivity contribution in [3.05, 3.63) is 17.7 Å². The van der Waals surface area contributed by atoms with Crippen molar-refractivity contribution in [3.63, 3.8) is 0 Å². The van der Waals surface area contributed by atoms with Gasteiger partial charge in [-0.05, 0) is 38.1 Å². The van der Waals surface area contributed by atoms with Gasteiger partial charge in [-0.15, -0.1) is 0 Å². The molecular weight excluding hydrogens is 198 g/mol. The first kappa shape index (κ1) is 10.3. The van der Waals surface area contributed by atoms with Gasteiger partial charge in [0.1, 0.15) is 5.82 Å². The van der Waals surface area contributed by atoms with E-state index in [0.717, 1.165) is 12.5 Å². The average molecular weight is 219 g/mol. The predicted octanol–water partition coefficient (Wildman–Crippen LogP) is 2.28. The molecule has 1 N–H and O–H groups in total. The van der Waals surface area contributed by atoms with Crippen LogP contribution in [0.1, 0.15) is 50.2 Å². The summed E-state index contributed by atoms with van der Waals surface area (Å²) < 4.78 is 2.46. The summed E-state index contributed by atoms with van der Waals surface area (Å²) in [6, 6.07) is 0.510. The number of hydrogen-bond donors (Lipinski definition) is 1.